The van der Waals surface area contributed by atoms with Crippen molar-refractivity contribution in [2.45, 2.75) is 33.3 Å². The summed E-state index contributed by atoms with van der Waals surface area (Å²) in [4.78, 5) is 26.2. The summed E-state index contributed by atoms with van der Waals surface area (Å²) in [5, 5.41) is 13.3. The molecule has 1 fully saturated rings. The zero-order valence-electron chi connectivity index (χ0n) is 16.1. The average Bonchev–Trinajstić information content (AvgIpc) is 3.26. The van der Waals surface area contributed by atoms with E-state index in [1.54, 1.807) is 24.8 Å². The minimum Gasteiger partial charge on any atom is -0.377 e. The summed E-state index contributed by atoms with van der Waals surface area (Å²) in [5.41, 5.74) is 1.25. The number of carbonyl (C=O) groups excluding carboxylic acids is 1. The molecule has 4 heterocycles. The predicted molar refractivity (Wildman–Crippen MR) is 111 cm³/mol. The van der Waals surface area contributed by atoms with Gasteiger partial charge in [-0.3, -0.25) is 4.79 Å². The smallest absolute Gasteiger partial charge is 0.229 e. The van der Waals surface area contributed by atoms with Crippen molar-refractivity contribution in [3.63, 3.8) is 0 Å². The van der Waals surface area contributed by atoms with Crippen molar-refractivity contribution >= 4 is 49.7 Å². The first kappa shape index (κ1) is 19.2. The molecule has 0 spiro atoms. The van der Waals surface area contributed by atoms with Crippen molar-refractivity contribution in [1.29, 1.82) is 0 Å². The number of nitrogens with one attached hydrogen (secondary N) is 1. The third-order valence-corrected chi connectivity index (χ3v) is 7.00. The molecule has 1 aliphatic rings. The highest BCUT2D eigenvalue weighted by Crippen LogP contribution is 2.35. The Kier molecular flexibility index (Phi) is 5.51. The summed E-state index contributed by atoms with van der Waals surface area (Å²) < 4.78 is 5.04. The molecule has 1 amide bonds. The summed E-state index contributed by atoms with van der Waals surface area (Å²) in [6.07, 6.45) is 3.20. The van der Waals surface area contributed by atoms with Gasteiger partial charge in [-0.05, 0) is 32.3 Å². The van der Waals surface area contributed by atoms with Gasteiger partial charge in [-0.15, -0.1) is 21.5 Å². The molecule has 1 N–H and O–H groups in total. The van der Waals surface area contributed by atoms with Crippen molar-refractivity contribution in [3.8, 4) is 0 Å². The lowest BCUT2D eigenvalue weighted by Crippen LogP contribution is -2.38. The van der Waals surface area contributed by atoms with Gasteiger partial charge >= 0.3 is 0 Å². The molecule has 28 heavy (non-hydrogen) atoms. The van der Waals surface area contributed by atoms with Gasteiger partial charge in [-0.25, -0.2) is 9.97 Å². The van der Waals surface area contributed by atoms with Gasteiger partial charge in [0.1, 0.15) is 28.6 Å². The summed E-state index contributed by atoms with van der Waals surface area (Å²) >= 11 is 3.05. The van der Waals surface area contributed by atoms with Crippen molar-refractivity contribution < 1.29 is 9.53 Å². The van der Waals surface area contributed by atoms with E-state index in [0.717, 1.165) is 47.0 Å². The van der Waals surface area contributed by atoms with Gasteiger partial charge in [0.15, 0.2) is 0 Å². The number of hydrogen-bond acceptors (Lipinski definition) is 9. The van der Waals surface area contributed by atoms with Gasteiger partial charge in [0.25, 0.3) is 0 Å². The number of piperidine rings is 1. The van der Waals surface area contributed by atoms with Gasteiger partial charge in [0.05, 0.1) is 5.39 Å². The van der Waals surface area contributed by atoms with Crippen LogP contribution in [-0.4, -0.2) is 46.3 Å². The summed E-state index contributed by atoms with van der Waals surface area (Å²) in [7, 11) is 1.61. The fourth-order valence-corrected chi connectivity index (χ4v) is 5.16. The van der Waals surface area contributed by atoms with Crippen LogP contribution in [0.15, 0.2) is 6.33 Å². The molecule has 8 nitrogen and oxygen atoms in total. The second kappa shape index (κ2) is 8.06. The van der Waals surface area contributed by atoms with E-state index in [0.29, 0.717) is 11.7 Å². The zero-order chi connectivity index (χ0) is 19.7. The Balaban J connectivity index is 1.41. The quantitative estimate of drug-likeness (QED) is 0.680. The summed E-state index contributed by atoms with van der Waals surface area (Å²) in [6.45, 7) is 6.24. The van der Waals surface area contributed by atoms with Crippen LogP contribution in [0.25, 0.3) is 10.2 Å². The van der Waals surface area contributed by atoms with E-state index in [2.05, 4.69) is 44.2 Å². The van der Waals surface area contributed by atoms with E-state index in [9.17, 15) is 4.79 Å². The molecule has 4 rings (SSSR count). The molecule has 3 aromatic heterocycles. The second-order valence-corrected chi connectivity index (χ2v) is 9.11. The van der Waals surface area contributed by atoms with Crippen LogP contribution in [0.3, 0.4) is 0 Å². The number of thiophene rings is 1. The van der Waals surface area contributed by atoms with Crippen molar-refractivity contribution in [2.24, 2.45) is 5.92 Å². The van der Waals surface area contributed by atoms with Crippen molar-refractivity contribution in [3.05, 3.63) is 21.8 Å². The number of aryl methyl sites for hydroxylation is 2. The predicted octanol–water partition coefficient (Wildman–Crippen LogP) is 3.16. The van der Waals surface area contributed by atoms with Gasteiger partial charge in [-0.2, -0.15) is 0 Å². The van der Waals surface area contributed by atoms with Gasteiger partial charge in [0.2, 0.25) is 11.0 Å². The molecular formula is C18H22N6O2S2. The topological polar surface area (TPSA) is 93.1 Å². The van der Waals surface area contributed by atoms with Crippen molar-refractivity contribution in [1.82, 2.24) is 20.2 Å². The van der Waals surface area contributed by atoms with E-state index in [-0.39, 0.29) is 11.8 Å². The molecule has 0 radical (unpaired) electrons. The molecule has 0 saturated carbocycles. The zero-order valence-corrected chi connectivity index (χ0v) is 17.7. The number of hydrogen-bond donors (Lipinski definition) is 1. The number of anilines is 2. The van der Waals surface area contributed by atoms with Crippen LogP contribution in [0.1, 0.15) is 28.3 Å². The maximum absolute atomic E-state index is 12.6. The summed E-state index contributed by atoms with van der Waals surface area (Å²) in [5.74, 6) is 0.961. The number of ether oxygens (including phenoxy) is 1. The second-order valence-electron chi connectivity index (χ2n) is 6.85. The van der Waals surface area contributed by atoms with Gasteiger partial charge in [0, 0.05) is 31.0 Å². The van der Waals surface area contributed by atoms with Crippen LogP contribution < -0.4 is 10.2 Å². The van der Waals surface area contributed by atoms with Crippen LogP contribution in [0.4, 0.5) is 10.9 Å². The Labute approximate surface area is 171 Å². The molecule has 10 heteroatoms. The van der Waals surface area contributed by atoms with Crippen LogP contribution in [0.5, 0.6) is 0 Å². The number of fused-ring (bicyclic) bond motifs is 1. The van der Waals surface area contributed by atoms with E-state index in [4.69, 9.17) is 4.74 Å². The number of rotatable bonds is 5. The molecule has 0 bridgehead atoms. The number of nitrogens with zero attached hydrogens (tertiary/aromatic N) is 5. The monoisotopic (exact) mass is 418 g/mol. The van der Waals surface area contributed by atoms with E-state index in [1.165, 1.54) is 21.8 Å². The standard InChI is InChI=1S/C18H22N6O2S2/c1-10-11(2)27-17-14(10)15(19-9-20-17)24-6-4-12(5-7-24)16(25)21-18-23-22-13(28-18)8-26-3/h9,12H,4-8H2,1-3H3,(H,21,23,25). The lowest BCUT2D eigenvalue weighted by atomic mass is 9.96. The molecule has 0 aromatic carbocycles. The Morgan fingerprint density at radius 1 is 1.25 bits per heavy atom. The highest BCUT2D eigenvalue weighted by molar-refractivity contribution is 7.18. The molecular weight excluding hydrogens is 396 g/mol. The Hall–Kier alpha value is -2.17. The van der Waals surface area contributed by atoms with Crippen LogP contribution >= 0.6 is 22.7 Å². The van der Waals surface area contributed by atoms with E-state index < -0.39 is 0 Å². The minimum absolute atomic E-state index is 0.00941. The van der Waals surface area contributed by atoms with E-state index in [1.807, 2.05) is 0 Å². The molecule has 0 unspecified atom stereocenters. The first-order valence-corrected chi connectivity index (χ1v) is 10.8. The fourth-order valence-electron chi connectivity index (χ4n) is 3.45. The van der Waals surface area contributed by atoms with Crippen LogP contribution in [-0.2, 0) is 16.1 Å². The molecule has 0 atom stereocenters. The number of amides is 1. The first-order valence-electron chi connectivity index (χ1n) is 9.14. The van der Waals surface area contributed by atoms with Gasteiger partial charge < -0.3 is 15.0 Å². The normalized spacial score (nSPS) is 15.3. The Morgan fingerprint density at radius 3 is 2.79 bits per heavy atom. The SMILES string of the molecule is COCc1nnc(NC(=O)C2CCN(c3ncnc4sc(C)c(C)c34)CC2)s1. The maximum Gasteiger partial charge on any atom is 0.229 e. The number of methoxy groups -OCH3 is 1. The maximum atomic E-state index is 12.6. The number of aromatic nitrogens is 4. The minimum atomic E-state index is -0.0336. The molecule has 1 aliphatic heterocycles. The number of carbonyl (C=O) groups is 1. The Morgan fingerprint density at radius 2 is 2.04 bits per heavy atom. The molecule has 0 aliphatic carbocycles. The van der Waals surface area contributed by atoms with Crippen LogP contribution in [0.2, 0.25) is 0 Å². The first-order chi connectivity index (χ1) is 13.6. The molecule has 148 valence electrons. The highest BCUT2D eigenvalue weighted by atomic mass is 32.1. The van der Waals surface area contributed by atoms with Crippen molar-refractivity contribution in [2.75, 3.05) is 30.4 Å². The Bertz CT molecular complexity index is 993. The summed E-state index contributed by atoms with van der Waals surface area (Å²) in [6, 6.07) is 0. The molecule has 3 aromatic rings. The van der Waals surface area contributed by atoms with E-state index >= 15 is 0 Å². The largest absolute Gasteiger partial charge is 0.377 e. The highest BCUT2D eigenvalue weighted by Gasteiger charge is 2.28. The molecule has 1 saturated heterocycles. The lowest BCUT2D eigenvalue weighted by molar-refractivity contribution is -0.120. The average molecular weight is 419 g/mol. The van der Waals surface area contributed by atoms with Gasteiger partial charge in [-0.1, -0.05) is 11.3 Å². The lowest BCUT2D eigenvalue weighted by Gasteiger charge is -2.32. The third-order valence-electron chi connectivity index (χ3n) is 5.08. The fraction of sp³-hybridized carbons (Fsp3) is 0.500. The van der Waals surface area contributed by atoms with Crippen LogP contribution in [0, 0.1) is 19.8 Å². The third kappa shape index (κ3) is 3.71.